The van der Waals surface area contributed by atoms with Gasteiger partial charge in [0.05, 0.1) is 6.10 Å². The van der Waals surface area contributed by atoms with Crippen LogP contribution in [-0.2, 0) is 4.79 Å². The number of likely N-dealkylation sites (tertiary alicyclic amines) is 1. The van der Waals surface area contributed by atoms with Gasteiger partial charge in [0.2, 0.25) is 5.91 Å². The predicted octanol–water partition coefficient (Wildman–Crippen LogP) is 2.84. The van der Waals surface area contributed by atoms with E-state index in [9.17, 15) is 9.90 Å². The minimum absolute atomic E-state index is 0.117. The van der Waals surface area contributed by atoms with Gasteiger partial charge in [-0.2, -0.15) is 0 Å². The number of aliphatic hydroxyl groups is 1. The quantitative estimate of drug-likeness (QED) is 0.720. The number of benzene rings is 1. The Balaban J connectivity index is 1.65. The van der Waals surface area contributed by atoms with E-state index in [-0.39, 0.29) is 12.0 Å². The topological polar surface area (TPSA) is 52.6 Å². The molecule has 1 amide bonds. The molecule has 0 aromatic heterocycles. The zero-order valence-corrected chi connectivity index (χ0v) is 15.1. The highest BCUT2D eigenvalue weighted by Gasteiger charge is 2.17. The second kappa shape index (κ2) is 9.80. The summed E-state index contributed by atoms with van der Waals surface area (Å²) in [6, 6.07) is 8.51. The van der Waals surface area contributed by atoms with E-state index in [1.54, 1.807) is 0 Å². The summed E-state index contributed by atoms with van der Waals surface area (Å²) in [7, 11) is 0. The Kier molecular flexibility index (Phi) is 7.73. The van der Waals surface area contributed by atoms with Crippen molar-refractivity contribution in [2.75, 3.05) is 26.2 Å². The van der Waals surface area contributed by atoms with Crippen molar-refractivity contribution in [2.24, 2.45) is 0 Å². The molecule has 24 heavy (non-hydrogen) atoms. The molecule has 1 aliphatic heterocycles. The molecule has 0 spiro atoms. The lowest BCUT2D eigenvalue weighted by molar-refractivity contribution is -0.121. The monoisotopic (exact) mass is 332 g/mol. The summed E-state index contributed by atoms with van der Waals surface area (Å²) in [5.74, 6) is 0.450. The molecule has 1 fully saturated rings. The number of hydrogen-bond acceptors (Lipinski definition) is 3. The highest BCUT2D eigenvalue weighted by Crippen LogP contribution is 2.23. The Bertz CT molecular complexity index is 493. The molecule has 0 radical (unpaired) electrons. The Hall–Kier alpha value is -1.39. The zero-order chi connectivity index (χ0) is 17.4. The summed E-state index contributed by atoms with van der Waals surface area (Å²) in [6.45, 7) is 7.91. The van der Waals surface area contributed by atoms with Crippen LogP contribution >= 0.6 is 0 Å². The second-order valence-corrected chi connectivity index (χ2v) is 7.00. The third-order valence-electron chi connectivity index (χ3n) is 5.00. The van der Waals surface area contributed by atoms with E-state index in [0.717, 1.165) is 51.9 Å². The maximum Gasteiger partial charge on any atom is 0.220 e. The standard InChI is InChI=1S/C20H32N2O2/c1-3-17(18-7-5-16(2)6-8-18)15-20(24)21-11-4-12-22-13-9-19(23)10-14-22/h5-8,17,19,23H,3-4,9-15H2,1-2H3,(H,21,24). The lowest BCUT2D eigenvalue weighted by Crippen LogP contribution is -2.37. The van der Waals surface area contributed by atoms with Crippen LogP contribution in [0, 0.1) is 6.92 Å². The fourth-order valence-electron chi connectivity index (χ4n) is 3.31. The Morgan fingerprint density at radius 1 is 1.29 bits per heavy atom. The van der Waals surface area contributed by atoms with Crippen LogP contribution in [0.5, 0.6) is 0 Å². The van der Waals surface area contributed by atoms with Gasteiger partial charge in [0, 0.05) is 26.1 Å². The first-order chi connectivity index (χ1) is 11.6. The average molecular weight is 332 g/mol. The number of aliphatic hydroxyl groups excluding tert-OH is 1. The van der Waals surface area contributed by atoms with Crippen molar-refractivity contribution in [3.05, 3.63) is 35.4 Å². The first-order valence-corrected chi connectivity index (χ1v) is 9.32. The second-order valence-electron chi connectivity index (χ2n) is 7.00. The lowest BCUT2D eigenvalue weighted by Gasteiger charge is -2.29. The summed E-state index contributed by atoms with van der Waals surface area (Å²) < 4.78 is 0. The Labute approximate surface area is 146 Å². The highest BCUT2D eigenvalue weighted by molar-refractivity contribution is 5.76. The van der Waals surface area contributed by atoms with Crippen LogP contribution in [0.2, 0.25) is 0 Å². The fourth-order valence-corrected chi connectivity index (χ4v) is 3.31. The molecule has 1 unspecified atom stereocenters. The molecule has 134 valence electrons. The zero-order valence-electron chi connectivity index (χ0n) is 15.1. The largest absolute Gasteiger partial charge is 0.393 e. The third-order valence-corrected chi connectivity index (χ3v) is 5.00. The number of nitrogens with zero attached hydrogens (tertiary/aromatic N) is 1. The first kappa shape index (κ1) is 18.9. The molecule has 1 atom stereocenters. The van der Waals surface area contributed by atoms with Gasteiger partial charge in [-0.3, -0.25) is 4.79 Å². The minimum atomic E-state index is -0.117. The van der Waals surface area contributed by atoms with Crippen molar-refractivity contribution in [2.45, 2.75) is 58.0 Å². The predicted molar refractivity (Wildman–Crippen MR) is 98.1 cm³/mol. The van der Waals surface area contributed by atoms with Crippen molar-refractivity contribution < 1.29 is 9.90 Å². The van der Waals surface area contributed by atoms with E-state index in [1.807, 2.05) is 0 Å². The summed E-state index contributed by atoms with van der Waals surface area (Å²) in [5, 5.41) is 12.6. The van der Waals surface area contributed by atoms with Crippen LogP contribution in [0.15, 0.2) is 24.3 Å². The Morgan fingerprint density at radius 3 is 2.58 bits per heavy atom. The van der Waals surface area contributed by atoms with Crippen molar-refractivity contribution in [1.29, 1.82) is 0 Å². The third kappa shape index (κ3) is 6.25. The van der Waals surface area contributed by atoms with E-state index in [0.29, 0.717) is 12.3 Å². The lowest BCUT2D eigenvalue weighted by atomic mass is 9.92. The normalized spacial score (nSPS) is 17.6. The van der Waals surface area contributed by atoms with Crippen LogP contribution in [0.4, 0.5) is 0 Å². The first-order valence-electron chi connectivity index (χ1n) is 9.32. The molecule has 1 aromatic rings. The van der Waals surface area contributed by atoms with Crippen molar-refractivity contribution in [3.63, 3.8) is 0 Å². The van der Waals surface area contributed by atoms with Crippen LogP contribution in [0.1, 0.15) is 56.1 Å². The van der Waals surface area contributed by atoms with Crippen LogP contribution in [0.25, 0.3) is 0 Å². The molecule has 0 bridgehead atoms. The fraction of sp³-hybridized carbons (Fsp3) is 0.650. The van der Waals surface area contributed by atoms with Crippen molar-refractivity contribution in [1.82, 2.24) is 10.2 Å². The highest BCUT2D eigenvalue weighted by atomic mass is 16.3. The summed E-state index contributed by atoms with van der Waals surface area (Å²) in [5.41, 5.74) is 2.51. The van der Waals surface area contributed by atoms with Gasteiger partial charge in [-0.1, -0.05) is 36.8 Å². The smallest absolute Gasteiger partial charge is 0.220 e. The molecule has 4 nitrogen and oxygen atoms in total. The molecule has 1 aromatic carbocycles. The van der Waals surface area contributed by atoms with Gasteiger partial charge in [0.15, 0.2) is 0 Å². The van der Waals surface area contributed by atoms with E-state index in [1.165, 1.54) is 11.1 Å². The molecule has 0 saturated carbocycles. The summed E-state index contributed by atoms with van der Waals surface area (Å²) in [4.78, 5) is 14.6. The van der Waals surface area contributed by atoms with E-state index < -0.39 is 0 Å². The molecule has 4 heteroatoms. The van der Waals surface area contributed by atoms with Gasteiger partial charge in [0.25, 0.3) is 0 Å². The van der Waals surface area contributed by atoms with Crippen LogP contribution < -0.4 is 5.32 Å². The molecule has 1 saturated heterocycles. The number of nitrogens with one attached hydrogen (secondary N) is 1. The molecular formula is C20H32N2O2. The van der Waals surface area contributed by atoms with Crippen molar-refractivity contribution in [3.8, 4) is 0 Å². The van der Waals surface area contributed by atoms with Crippen molar-refractivity contribution >= 4 is 5.91 Å². The van der Waals surface area contributed by atoms with Gasteiger partial charge in [-0.25, -0.2) is 0 Å². The number of rotatable bonds is 8. The molecule has 2 N–H and O–H groups in total. The maximum atomic E-state index is 12.2. The summed E-state index contributed by atoms with van der Waals surface area (Å²) in [6.07, 6.45) is 4.15. The SMILES string of the molecule is CCC(CC(=O)NCCCN1CCC(O)CC1)c1ccc(C)cc1. The number of carbonyl (C=O) groups is 1. The Morgan fingerprint density at radius 2 is 1.96 bits per heavy atom. The number of piperidine rings is 1. The number of carbonyl (C=O) groups excluding carboxylic acids is 1. The summed E-state index contributed by atoms with van der Waals surface area (Å²) >= 11 is 0. The molecule has 1 heterocycles. The van der Waals surface area contributed by atoms with Gasteiger partial charge in [-0.15, -0.1) is 0 Å². The van der Waals surface area contributed by atoms with Gasteiger partial charge < -0.3 is 15.3 Å². The minimum Gasteiger partial charge on any atom is -0.393 e. The molecule has 2 rings (SSSR count). The van der Waals surface area contributed by atoms with E-state index in [2.05, 4.69) is 48.3 Å². The van der Waals surface area contributed by atoms with E-state index >= 15 is 0 Å². The number of amides is 1. The number of hydrogen-bond donors (Lipinski definition) is 2. The van der Waals surface area contributed by atoms with Gasteiger partial charge >= 0.3 is 0 Å². The van der Waals surface area contributed by atoms with Gasteiger partial charge in [-0.05, 0) is 50.6 Å². The van der Waals surface area contributed by atoms with E-state index in [4.69, 9.17) is 0 Å². The van der Waals surface area contributed by atoms with Gasteiger partial charge in [0.1, 0.15) is 0 Å². The average Bonchev–Trinajstić information content (AvgIpc) is 2.59. The molecule has 1 aliphatic rings. The molecule has 0 aliphatic carbocycles. The molecular weight excluding hydrogens is 300 g/mol. The maximum absolute atomic E-state index is 12.2. The number of aryl methyl sites for hydroxylation is 1. The van der Waals surface area contributed by atoms with Crippen LogP contribution in [-0.4, -0.2) is 48.2 Å². The van der Waals surface area contributed by atoms with Crippen LogP contribution in [0.3, 0.4) is 0 Å².